The van der Waals surface area contributed by atoms with Crippen LogP contribution in [0.3, 0.4) is 0 Å². The molecule has 3 rings (SSSR count). The molecule has 22 heavy (non-hydrogen) atoms. The van der Waals surface area contributed by atoms with Crippen LogP contribution in [0, 0.1) is 0 Å². The fourth-order valence-corrected chi connectivity index (χ4v) is 2.28. The SMILES string of the molecule is CC1=C(C(=O)N(C)Cc2cnc3ccccc3n2)OCCO1. The lowest BCUT2D eigenvalue weighted by Crippen LogP contribution is -2.31. The van der Waals surface area contributed by atoms with Crippen molar-refractivity contribution in [3.05, 3.63) is 47.7 Å². The molecule has 2 heterocycles. The third-order valence-electron chi connectivity index (χ3n) is 3.41. The van der Waals surface area contributed by atoms with E-state index in [2.05, 4.69) is 9.97 Å². The zero-order valence-electron chi connectivity index (χ0n) is 12.6. The predicted molar refractivity (Wildman–Crippen MR) is 80.6 cm³/mol. The molecule has 0 bridgehead atoms. The Kier molecular flexibility index (Phi) is 3.91. The zero-order chi connectivity index (χ0) is 15.5. The Morgan fingerprint density at radius 2 is 1.95 bits per heavy atom. The number of fused-ring (bicyclic) bond motifs is 1. The van der Waals surface area contributed by atoms with Gasteiger partial charge in [0.05, 0.1) is 29.5 Å². The van der Waals surface area contributed by atoms with Crippen molar-refractivity contribution in [1.29, 1.82) is 0 Å². The number of likely N-dealkylation sites (N-methyl/N-ethyl adjacent to an activating group) is 1. The van der Waals surface area contributed by atoms with Gasteiger partial charge in [-0.05, 0) is 19.1 Å². The molecule has 0 spiro atoms. The summed E-state index contributed by atoms with van der Waals surface area (Å²) in [5, 5.41) is 0. The summed E-state index contributed by atoms with van der Waals surface area (Å²) >= 11 is 0. The van der Waals surface area contributed by atoms with Crippen LogP contribution in [-0.4, -0.2) is 41.0 Å². The quantitative estimate of drug-likeness (QED) is 0.865. The third-order valence-corrected chi connectivity index (χ3v) is 3.41. The Morgan fingerprint density at radius 3 is 2.73 bits per heavy atom. The lowest BCUT2D eigenvalue weighted by molar-refractivity contribution is -0.132. The smallest absolute Gasteiger partial charge is 0.292 e. The minimum absolute atomic E-state index is 0.216. The van der Waals surface area contributed by atoms with Crippen LogP contribution in [0.4, 0.5) is 0 Å². The number of aromatic nitrogens is 2. The van der Waals surface area contributed by atoms with E-state index in [1.165, 1.54) is 0 Å². The standard InChI is InChI=1S/C16H17N3O3/c1-11-15(22-8-7-21-11)16(20)19(2)10-12-9-17-13-5-3-4-6-14(13)18-12/h3-6,9H,7-8,10H2,1-2H3. The summed E-state index contributed by atoms with van der Waals surface area (Å²) in [6.45, 7) is 2.96. The predicted octanol–water partition coefficient (Wildman–Crippen LogP) is 1.87. The van der Waals surface area contributed by atoms with E-state index in [-0.39, 0.29) is 11.7 Å². The Balaban J connectivity index is 1.77. The molecule has 0 aliphatic carbocycles. The van der Waals surface area contributed by atoms with Crippen LogP contribution in [0.1, 0.15) is 12.6 Å². The van der Waals surface area contributed by atoms with E-state index in [0.717, 1.165) is 16.7 Å². The van der Waals surface area contributed by atoms with E-state index in [0.29, 0.717) is 25.5 Å². The van der Waals surface area contributed by atoms with Crippen LogP contribution in [0.5, 0.6) is 0 Å². The summed E-state index contributed by atoms with van der Waals surface area (Å²) < 4.78 is 10.8. The van der Waals surface area contributed by atoms with Gasteiger partial charge in [-0.15, -0.1) is 0 Å². The number of carbonyl (C=O) groups is 1. The topological polar surface area (TPSA) is 64.6 Å². The maximum Gasteiger partial charge on any atom is 0.292 e. The number of hydrogen-bond acceptors (Lipinski definition) is 5. The number of carbonyl (C=O) groups excluding carboxylic acids is 1. The monoisotopic (exact) mass is 299 g/mol. The van der Waals surface area contributed by atoms with Crippen LogP contribution in [0.2, 0.25) is 0 Å². The molecule has 114 valence electrons. The molecule has 1 aliphatic rings. The van der Waals surface area contributed by atoms with Gasteiger partial charge in [-0.1, -0.05) is 12.1 Å². The Bertz CT molecular complexity index is 742. The molecule has 0 radical (unpaired) electrons. The van der Waals surface area contributed by atoms with Crippen molar-refractivity contribution in [3.8, 4) is 0 Å². The number of ether oxygens (including phenoxy) is 2. The molecule has 1 amide bonds. The lowest BCUT2D eigenvalue weighted by Gasteiger charge is -2.23. The molecule has 0 saturated heterocycles. The van der Waals surface area contributed by atoms with Crippen LogP contribution < -0.4 is 0 Å². The molecule has 2 aromatic rings. The van der Waals surface area contributed by atoms with Crippen molar-refractivity contribution in [2.24, 2.45) is 0 Å². The highest BCUT2D eigenvalue weighted by molar-refractivity contribution is 5.91. The molecule has 6 nitrogen and oxygen atoms in total. The summed E-state index contributed by atoms with van der Waals surface area (Å²) in [6, 6.07) is 7.64. The number of para-hydroxylation sites is 2. The first kappa shape index (κ1) is 14.3. The zero-order valence-corrected chi connectivity index (χ0v) is 12.6. The number of rotatable bonds is 3. The third kappa shape index (κ3) is 2.86. The van der Waals surface area contributed by atoms with Crippen LogP contribution in [0.25, 0.3) is 11.0 Å². The molecule has 0 unspecified atom stereocenters. The second-order valence-corrected chi connectivity index (χ2v) is 5.09. The van der Waals surface area contributed by atoms with Crippen LogP contribution in [-0.2, 0) is 20.8 Å². The van der Waals surface area contributed by atoms with E-state index in [9.17, 15) is 4.79 Å². The summed E-state index contributed by atoms with van der Waals surface area (Å²) in [5.74, 6) is 0.572. The normalized spacial score (nSPS) is 14.5. The maximum atomic E-state index is 12.4. The van der Waals surface area contributed by atoms with Gasteiger partial charge < -0.3 is 14.4 Å². The highest BCUT2D eigenvalue weighted by Gasteiger charge is 2.23. The van der Waals surface area contributed by atoms with Crippen molar-refractivity contribution < 1.29 is 14.3 Å². The van der Waals surface area contributed by atoms with Crippen LogP contribution >= 0.6 is 0 Å². The fourth-order valence-electron chi connectivity index (χ4n) is 2.28. The number of nitrogens with zero attached hydrogens (tertiary/aromatic N) is 3. The Hall–Kier alpha value is -2.63. The summed E-state index contributed by atoms with van der Waals surface area (Å²) in [6.07, 6.45) is 1.69. The molecule has 1 aromatic carbocycles. The van der Waals surface area contributed by atoms with Crippen molar-refractivity contribution in [2.75, 3.05) is 20.3 Å². The van der Waals surface area contributed by atoms with Gasteiger partial charge in [0.25, 0.3) is 5.91 Å². The largest absolute Gasteiger partial charge is 0.491 e. The second-order valence-electron chi connectivity index (χ2n) is 5.09. The van der Waals surface area contributed by atoms with Gasteiger partial charge in [0, 0.05) is 7.05 Å². The fraction of sp³-hybridized carbons (Fsp3) is 0.312. The first-order valence-electron chi connectivity index (χ1n) is 7.08. The van der Waals surface area contributed by atoms with Gasteiger partial charge in [0.1, 0.15) is 19.0 Å². The number of benzene rings is 1. The molecule has 0 N–H and O–H groups in total. The van der Waals surface area contributed by atoms with E-state index in [4.69, 9.17) is 9.47 Å². The molecule has 0 atom stereocenters. The van der Waals surface area contributed by atoms with Gasteiger partial charge in [-0.3, -0.25) is 9.78 Å². The molecule has 1 aromatic heterocycles. The van der Waals surface area contributed by atoms with Crippen molar-refractivity contribution in [1.82, 2.24) is 14.9 Å². The van der Waals surface area contributed by atoms with Gasteiger partial charge in [0.2, 0.25) is 5.76 Å². The van der Waals surface area contributed by atoms with E-state index in [1.807, 2.05) is 24.3 Å². The number of amides is 1. The summed E-state index contributed by atoms with van der Waals surface area (Å²) in [4.78, 5) is 22.8. The van der Waals surface area contributed by atoms with Gasteiger partial charge >= 0.3 is 0 Å². The minimum Gasteiger partial charge on any atom is -0.491 e. The van der Waals surface area contributed by atoms with E-state index >= 15 is 0 Å². The molecular formula is C16H17N3O3. The first-order valence-corrected chi connectivity index (χ1v) is 7.08. The summed E-state index contributed by atoms with van der Waals surface area (Å²) in [7, 11) is 1.71. The van der Waals surface area contributed by atoms with Crippen molar-refractivity contribution >= 4 is 16.9 Å². The molecule has 0 saturated carbocycles. The molecular weight excluding hydrogens is 282 g/mol. The van der Waals surface area contributed by atoms with Gasteiger partial charge in [-0.25, -0.2) is 4.98 Å². The van der Waals surface area contributed by atoms with Gasteiger partial charge in [0.15, 0.2) is 0 Å². The first-order chi connectivity index (χ1) is 10.6. The highest BCUT2D eigenvalue weighted by Crippen LogP contribution is 2.16. The Morgan fingerprint density at radius 1 is 1.23 bits per heavy atom. The van der Waals surface area contributed by atoms with Crippen LogP contribution in [0.15, 0.2) is 42.0 Å². The van der Waals surface area contributed by atoms with E-state index in [1.54, 1.807) is 25.1 Å². The minimum atomic E-state index is -0.216. The van der Waals surface area contributed by atoms with Crippen molar-refractivity contribution in [3.63, 3.8) is 0 Å². The average molecular weight is 299 g/mol. The van der Waals surface area contributed by atoms with Gasteiger partial charge in [-0.2, -0.15) is 0 Å². The average Bonchev–Trinajstić information content (AvgIpc) is 2.54. The Labute approximate surface area is 128 Å². The lowest BCUT2D eigenvalue weighted by atomic mass is 10.3. The van der Waals surface area contributed by atoms with E-state index < -0.39 is 0 Å². The van der Waals surface area contributed by atoms with Crippen molar-refractivity contribution in [2.45, 2.75) is 13.5 Å². The maximum absolute atomic E-state index is 12.4. The highest BCUT2D eigenvalue weighted by atomic mass is 16.6. The molecule has 1 aliphatic heterocycles. The summed E-state index contributed by atoms with van der Waals surface area (Å²) in [5.41, 5.74) is 2.38. The number of hydrogen-bond donors (Lipinski definition) is 0. The molecule has 6 heteroatoms. The second kappa shape index (κ2) is 6.01. The molecule has 0 fully saturated rings. The number of allylic oxidation sites excluding steroid dienone is 1.